The smallest absolute Gasteiger partial charge is 0.256 e. The second kappa shape index (κ2) is 10.1. The molecule has 1 saturated heterocycles. The van der Waals surface area contributed by atoms with E-state index < -0.39 is 33.8 Å². The summed E-state index contributed by atoms with van der Waals surface area (Å²) in [4.78, 5) is 39.8. The second-order valence-corrected chi connectivity index (χ2v) is 9.52. The molecule has 0 aromatic heterocycles. The highest BCUT2D eigenvalue weighted by atomic mass is 32.2. The number of carbonyl (C=O) groups is 3. The number of nitrogens with one attached hydrogen (secondary N) is 1. The number of benzene rings is 1. The van der Waals surface area contributed by atoms with Crippen LogP contribution in [-0.2, 0) is 19.6 Å². The predicted molar refractivity (Wildman–Crippen MR) is 119 cm³/mol. The monoisotopic (exact) mass is 450 g/mol. The fourth-order valence-electron chi connectivity index (χ4n) is 3.67. The van der Waals surface area contributed by atoms with Crippen molar-refractivity contribution >= 4 is 44.7 Å². The SMILES string of the molecule is C=CCS(=O)(=O)NC(=O)[C@@H]1CCCN1C(=S)[C@@H](C)C(C(C)=O)C(=O)c1ccccc1. The molecule has 2 rings (SSSR count). The van der Waals surface area contributed by atoms with E-state index in [4.69, 9.17) is 12.2 Å². The lowest BCUT2D eigenvalue weighted by atomic mass is 9.83. The summed E-state index contributed by atoms with van der Waals surface area (Å²) in [6.07, 6.45) is 2.27. The van der Waals surface area contributed by atoms with Crippen LogP contribution in [0.15, 0.2) is 43.0 Å². The van der Waals surface area contributed by atoms with Gasteiger partial charge in [-0.2, -0.15) is 0 Å². The van der Waals surface area contributed by atoms with Gasteiger partial charge in [0.1, 0.15) is 11.8 Å². The summed E-state index contributed by atoms with van der Waals surface area (Å²) in [5.74, 6) is -3.28. The summed E-state index contributed by atoms with van der Waals surface area (Å²) in [5, 5.41) is 0. The van der Waals surface area contributed by atoms with Crippen LogP contribution in [0.4, 0.5) is 0 Å². The molecule has 162 valence electrons. The third kappa shape index (κ3) is 5.60. The quantitative estimate of drug-likeness (QED) is 0.266. The van der Waals surface area contributed by atoms with Crippen LogP contribution in [0.3, 0.4) is 0 Å². The fraction of sp³-hybridized carbons (Fsp3) is 0.429. The molecule has 1 aromatic carbocycles. The van der Waals surface area contributed by atoms with Crippen LogP contribution in [-0.4, -0.2) is 54.1 Å². The Hall–Kier alpha value is -2.39. The minimum atomic E-state index is -3.81. The van der Waals surface area contributed by atoms with Crippen LogP contribution < -0.4 is 4.72 Å². The third-order valence-electron chi connectivity index (χ3n) is 5.10. The van der Waals surface area contributed by atoms with Gasteiger partial charge in [0.2, 0.25) is 10.0 Å². The number of carbonyl (C=O) groups excluding carboxylic acids is 3. The first-order chi connectivity index (χ1) is 14.1. The first-order valence-corrected chi connectivity index (χ1v) is 11.7. The maximum absolute atomic E-state index is 13.0. The lowest BCUT2D eigenvalue weighted by molar-refractivity contribution is -0.122. The van der Waals surface area contributed by atoms with Crippen LogP contribution in [0.2, 0.25) is 0 Å². The maximum atomic E-state index is 13.0. The summed E-state index contributed by atoms with van der Waals surface area (Å²) in [6, 6.07) is 7.74. The number of thiocarbonyl (C=S) groups is 1. The Morgan fingerprint density at radius 2 is 1.93 bits per heavy atom. The van der Waals surface area contributed by atoms with E-state index in [-0.39, 0.29) is 17.3 Å². The number of Topliss-reactive ketones (excluding diaryl/α,β-unsaturated/α-hetero) is 2. The number of amides is 1. The van der Waals surface area contributed by atoms with Crippen molar-refractivity contribution < 1.29 is 22.8 Å². The van der Waals surface area contributed by atoms with Gasteiger partial charge >= 0.3 is 0 Å². The fourth-order valence-corrected chi connectivity index (χ4v) is 4.86. The third-order valence-corrected chi connectivity index (χ3v) is 6.89. The van der Waals surface area contributed by atoms with Crippen molar-refractivity contribution in [3.05, 3.63) is 48.6 Å². The van der Waals surface area contributed by atoms with E-state index in [1.165, 1.54) is 13.0 Å². The molecule has 0 spiro atoms. The first kappa shape index (κ1) is 23.9. The molecule has 1 aliphatic heterocycles. The molecular formula is C21H26N2O5S2. The van der Waals surface area contributed by atoms with Crippen molar-refractivity contribution in [2.24, 2.45) is 11.8 Å². The number of hydrogen-bond donors (Lipinski definition) is 1. The Balaban J connectivity index is 2.21. The van der Waals surface area contributed by atoms with Gasteiger partial charge in [-0.15, -0.1) is 6.58 Å². The van der Waals surface area contributed by atoms with E-state index in [1.54, 1.807) is 42.2 Å². The Bertz CT molecular complexity index is 943. The van der Waals surface area contributed by atoms with Crippen molar-refractivity contribution in [3.63, 3.8) is 0 Å². The zero-order valence-electron chi connectivity index (χ0n) is 17.0. The highest BCUT2D eigenvalue weighted by Gasteiger charge is 2.40. The van der Waals surface area contributed by atoms with Gasteiger partial charge in [0.05, 0.1) is 16.7 Å². The highest BCUT2D eigenvalue weighted by Crippen LogP contribution is 2.27. The molecule has 9 heteroatoms. The van der Waals surface area contributed by atoms with Crippen molar-refractivity contribution in [1.29, 1.82) is 0 Å². The molecule has 3 atom stereocenters. The zero-order valence-corrected chi connectivity index (χ0v) is 18.7. The molecular weight excluding hydrogens is 424 g/mol. The van der Waals surface area contributed by atoms with Crippen molar-refractivity contribution in [2.75, 3.05) is 12.3 Å². The van der Waals surface area contributed by atoms with Gasteiger partial charge < -0.3 is 4.90 Å². The largest absolute Gasteiger partial charge is 0.354 e. The van der Waals surface area contributed by atoms with E-state index in [0.717, 1.165) is 0 Å². The Morgan fingerprint density at radius 1 is 1.30 bits per heavy atom. The van der Waals surface area contributed by atoms with Crippen LogP contribution in [0.1, 0.15) is 37.0 Å². The van der Waals surface area contributed by atoms with Crippen LogP contribution in [0, 0.1) is 11.8 Å². The van der Waals surface area contributed by atoms with Crippen molar-refractivity contribution in [1.82, 2.24) is 9.62 Å². The molecule has 0 radical (unpaired) electrons. The van der Waals surface area contributed by atoms with Crippen molar-refractivity contribution in [2.45, 2.75) is 32.7 Å². The molecule has 1 unspecified atom stereocenters. The number of sulfonamides is 1. The number of ketones is 2. The minimum Gasteiger partial charge on any atom is -0.354 e. The molecule has 1 aliphatic rings. The van der Waals surface area contributed by atoms with Crippen LogP contribution in [0.25, 0.3) is 0 Å². The average molecular weight is 451 g/mol. The zero-order chi connectivity index (χ0) is 22.5. The Morgan fingerprint density at radius 3 is 2.50 bits per heavy atom. The van der Waals surface area contributed by atoms with Gasteiger partial charge in [-0.1, -0.05) is 55.5 Å². The number of likely N-dealkylation sites (tertiary alicyclic amines) is 1. The lowest BCUT2D eigenvalue weighted by Gasteiger charge is -2.32. The normalized spacial score (nSPS) is 18.3. The van der Waals surface area contributed by atoms with Gasteiger partial charge in [-0.3, -0.25) is 19.1 Å². The highest BCUT2D eigenvalue weighted by molar-refractivity contribution is 7.90. The van der Waals surface area contributed by atoms with E-state index in [9.17, 15) is 22.8 Å². The Kier molecular flexibility index (Phi) is 8.03. The van der Waals surface area contributed by atoms with E-state index in [2.05, 4.69) is 11.3 Å². The van der Waals surface area contributed by atoms with Gasteiger partial charge in [-0.25, -0.2) is 8.42 Å². The maximum Gasteiger partial charge on any atom is 0.256 e. The molecule has 1 heterocycles. The lowest BCUT2D eigenvalue weighted by Crippen LogP contribution is -2.50. The number of hydrogen-bond acceptors (Lipinski definition) is 6. The minimum absolute atomic E-state index is 0.304. The second-order valence-electron chi connectivity index (χ2n) is 7.33. The summed E-state index contributed by atoms with van der Waals surface area (Å²) in [7, 11) is -3.81. The standard InChI is InChI=1S/C21H26N2O5S2/c1-4-13-30(27,28)22-20(26)17-11-8-12-23(17)21(29)14(2)18(15(3)24)19(25)16-9-6-5-7-10-16/h4-7,9-10,14,17-18H,1,8,11-13H2,2-3H3,(H,22,26)/t14-,17-,18?/m0/s1. The van der Waals surface area contributed by atoms with E-state index in [0.29, 0.717) is 29.9 Å². The van der Waals surface area contributed by atoms with Crippen molar-refractivity contribution in [3.8, 4) is 0 Å². The molecule has 1 aromatic rings. The summed E-state index contributed by atoms with van der Waals surface area (Å²) in [6.45, 7) is 6.86. The molecule has 1 amide bonds. The molecule has 30 heavy (non-hydrogen) atoms. The van der Waals surface area contributed by atoms with Crippen LogP contribution >= 0.6 is 12.2 Å². The van der Waals surface area contributed by atoms with Gasteiger partial charge in [0, 0.05) is 18.0 Å². The van der Waals surface area contributed by atoms with E-state index >= 15 is 0 Å². The van der Waals surface area contributed by atoms with Gasteiger partial charge in [0.15, 0.2) is 5.78 Å². The molecule has 0 saturated carbocycles. The summed E-state index contributed by atoms with van der Waals surface area (Å²) in [5.41, 5.74) is 0.415. The summed E-state index contributed by atoms with van der Waals surface area (Å²) < 4.78 is 25.9. The first-order valence-electron chi connectivity index (χ1n) is 9.64. The topological polar surface area (TPSA) is 101 Å². The number of rotatable bonds is 9. The molecule has 1 fully saturated rings. The predicted octanol–water partition coefficient (Wildman–Crippen LogP) is 2.13. The molecule has 0 bridgehead atoms. The van der Waals surface area contributed by atoms with Gasteiger partial charge in [-0.05, 0) is 19.8 Å². The van der Waals surface area contributed by atoms with Crippen LogP contribution in [0.5, 0.6) is 0 Å². The van der Waals surface area contributed by atoms with E-state index in [1.807, 2.05) is 0 Å². The molecule has 0 aliphatic carbocycles. The molecule has 1 N–H and O–H groups in total. The van der Waals surface area contributed by atoms with Gasteiger partial charge in [0.25, 0.3) is 5.91 Å². The molecule has 7 nitrogen and oxygen atoms in total. The average Bonchev–Trinajstić information content (AvgIpc) is 3.17. The number of nitrogens with zero attached hydrogens (tertiary/aromatic N) is 1. The Labute approximate surface area is 182 Å². The summed E-state index contributed by atoms with van der Waals surface area (Å²) >= 11 is 5.57.